The van der Waals surface area contributed by atoms with E-state index in [-0.39, 0.29) is 69.3 Å². The van der Waals surface area contributed by atoms with Crippen molar-refractivity contribution in [1.82, 2.24) is 24.4 Å². The van der Waals surface area contributed by atoms with Crippen molar-refractivity contribution in [3.05, 3.63) is 94.9 Å². The van der Waals surface area contributed by atoms with E-state index >= 15 is 4.39 Å². The third-order valence-corrected chi connectivity index (χ3v) is 7.50. The highest BCUT2D eigenvalue weighted by atomic mass is 19.1. The summed E-state index contributed by atoms with van der Waals surface area (Å²) >= 11 is 0. The Kier molecular flexibility index (Phi) is 6.19. The number of carbonyl (C=O) groups excluding carboxylic acids is 1. The first-order valence-electron chi connectivity index (χ1n) is 16.2. The molecule has 5 rings (SSSR count). The summed E-state index contributed by atoms with van der Waals surface area (Å²) in [6, 6.07) is 8.86. The smallest absolute Gasteiger partial charge is 0.350 e. The molecule has 0 unspecified atom stereocenters. The van der Waals surface area contributed by atoms with Gasteiger partial charge in [-0.05, 0) is 56.0 Å². The molecule has 1 amide bonds. The first-order valence-corrected chi connectivity index (χ1v) is 13.7. The summed E-state index contributed by atoms with van der Waals surface area (Å²) in [6.45, 7) is 8.42. The molecule has 0 saturated carbocycles. The van der Waals surface area contributed by atoms with E-state index in [4.69, 9.17) is 11.8 Å². The molecular formula is C33H35FN6O2. The molecule has 0 N–H and O–H groups in total. The Hall–Kier alpha value is -4.66. The van der Waals surface area contributed by atoms with Gasteiger partial charge in [-0.15, -0.1) is 0 Å². The standard InChI is InChI=1S/C33H35FN6O2/c1-8-27(41)38-15-16-39(22(7)18-38)31-25-17-26(34)29(24-12-10-9-11-23(24)19(2)3)36-32(25)40(33(42)37-31)30-21(6)13-14-35-28(30)20(4)5/h8-14,17,20,22H,1-2,15-16,18H2,3-7H3/t22-/m0/s1/i2D2,6D3. The Balaban J connectivity index is 1.90. The van der Waals surface area contributed by atoms with Crippen LogP contribution in [0, 0.1) is 12.7 Å². The van der Waals surface area contributed by atoms with E-state index in [1.807, 2.05) is 25.7 Å². The van der Waals surface area contributed by atoms with Crippen molar-refractivity contribution in [1.29, 1.82) is 0 Å². The summed E-state index contributed by atoms with van der Waals surface area (Å²) < 4.78 is 58.1. The molecule has 1 aliphatic rings. The quantitative estimate of drug-likeness (QED) is 0.277. The molecule has 216 valence electrons. The maximum Gasteiger partial charge on any atom is 0.355 e. The molecule has 0 aliphatic carbocycles. The van der Waals surface area contributed by atoms with Crippen LogP contribution < -0.4 is 10.6 Å². The molecule has 4 heterocycles. The van der Waals surface area contributed by atoms with E-state index in [0.717, 1.165) is 4.57 Å². The predicted molar refractivity (Wildman–Crippen MR) is 165 cm³/mol. The molecule has 1 atom stereocenters. The van der Waals surface area contributed by atoms with Crippen LogP contribution in [0.25, 0.3) is 33.6 Å². The van der Waals surface area contributed by atoms with Crippen LogP contribution in [0.15, 0.2) is 66.6 Å². The number of pyridine rings is 2. The normalized spacial score (nSPS) is 17.3. The fourth-order valence-electron chi connectivity index (χ4n) is 5.46. The Morgan fingerprint density at radius 1 is 1.24 bits per heavy atom. The maximum atomic E-state index is 16.3. The number of aryl methyl sites for hydroxylation is 1. The van der Waals surface area contributed by atoms with Crippen molar-refractivity contribution >= 4 is 28.3 Å². The highest BCUT2D eigenvalue weighted by Crippen LogP contribution is 2.35. The van der Waals surface area contributed by atoms with Gasteiger partial charge in [-0.1, -0.05) is 56.8 Å². The lowest BCUT2D eigenvalue weighted by molar-refractivity contribution is -0.126. The van der Waals surface area contributed by atoms with Crippen LogP contribution in [0.5, 0.6) is 0 Å². The molecule has 0 spiro atoms. The number of allylic oxidation sites excluding steroid dienone is 1. The average Bonchev–Trinajstić information content (AvgIpc) is 3.02. The molecule has 0 radical (unpaired) electrons. The lowest BCUT2D eigenvalue weighted by atomic mass is 9.98. The van der Waals surface area contributed by atoms with Crippen LogP contribution >= 0.6 is 0 Å². The number of hydrogen-bond acceptors (Lipinski definition) is 6. The molecule has 1 aromatic carbocycles. The number of halogens is 1. The molecule has 0 bridgehead atoms. The van der Waals surface area contributed by atoms with Crippen molar-refractivity contribution in [2.45, 2.75) is 46.5 Å². The number of aromatic nitrogens is 4. The summed E-state index contributed by atoms with van der Waals surface area (Å²) in [4.78, 5) is 43.6. The first-order chi connectivity index (χ1) is 22.1. The number of fused-ring (bicyclic) bond motifs is 1. The van der Waals surface area contributed by atoms with Gasteiger partial charge in [-0.3, -0.25) is 9.78 Å². The highest BCUT2D eigenvalue weighted by Gasteiger charge is 2.30. The molecule has 9 heteroatoms. The van der Waals surface area contributed by atoms with E-state index in [1.54, 1.807) is 36.1 Å². The number of anilines is 1. The van der Waals surface area contributed by atoms with Gasteiger partial charge in [-0.2, -0.15) is 4.98 Å². The largest absolute Gasteiger partial charge is 0.355 e. The molecule has 4 aromatic rings. The number of hydrogen-bond donors (Lipinski definition) is 0. The van der Waals surface area contributed by atoms with Crippen LogP contribution in [-0.2, 0) is 4.79 Å². The molecular weight excluding hydrogens is 531 g/mol. The number of amides is 1. The third-order valence-electron chi connectivity index (χ3n) is 7.50. The minimum atomic E-state index is -2.65. The fourth-order valence-corrected chi connectivity index (χ4v) is 5.46. The number of benzene rings is 1. The van der Waals surface area contributed by atoms with Gasteiger partial charge in [-0.25, -0.2) is 18.7 Å². The maximum absolute atomic E-state index is 16.3. The van der Waals surface area contributed by atoms with Gasteiger partial charge in [0, 0.05) is 41.5 Å². The Labute approximate surface area is 251 Å². The Bertz CT molecular complexity index is 1990. The van der Waals surface area contributed by atoms with E-state index in [9.17, 15) is 9.59 Å². The number of rotatable bonds is 6. The second kappa shape index (κ2) is 11.3. The van der Waals surface area contributed by atoms with E-state index < -0.39 is 24.9 Å². The number of carbonyl (C=O) groups is 1. The molecule has 8 nitrogen and oxygen atoms in total. The molecule has 1 aliphatic heterocycles. The first kappa shape index (κ1) is 23.0. The minimum absolute atomic E-state index is 0.0000183. The number of nitrogens with zero attached hydrogens (tertiary/aromatic N) is 6. The van der Waals surface area contributed by atoms with E-state index in [0.29, 0.717) is 24.3 Å². The van der Waals surface area contributed by atoms with Gasteiger partial charge in [0.05, 0.1) is 19.5 Å². The van der Waals surface area contributed by atoms with E-state index in [2.05, 4.69) is 16.5 Å². The van der Waals surface area contributed by atoms with Crippen molar-refractivity contribution in [2.24, 2.45) is 0 Å². The zero-order chi connectivity index (χ0) is 34.4. The molecule has 3 aromatic heterocycles. The SMILES string of the molecule is [2H]C([2H])=C(C)c1ccccc1-c1nc2c(cc1F)c(N1CCN(C(=O)C=C)C[C@@H]1C)nc(=O)n2-c1c(C([2H])([2H])[2H])ccnc1C(C)C. The van der Waals surface area contributed by atoms with Crippen molar-refractivity contribution < 1.29 is 16.0 Å². The van der Waals surface area contributed by atoms with Gasteiger partial charge >= 0.3 is 5.69 Å². The van der Waals surface area contributed by atoms with Gasteiger partial charge in [0.1, 0.15) is 17.3 Å². The Morgan fingerprint density at radius 3 is 2.71 bits per heavy atom. The molecule has 1 saturated heterocycles. The van der Waals surface area contributed by atoms with Crippen molar-refractivity contribution in [2.75, 3.05) is 24.5 Å². The third kappa shape index (κ3) is 5.00. The van der Waals surface area contributed by atoms with Crippen LogP contribution in [0.2, 0.25) is 0 Å². The van der Waals surface area contributed by atoms with Crippen LogP contribution in [0.4, 0.5) is 10.2 Å². The second-order valence-corrected chi connectivity index (χ2v) is 10.7. The molecule has 42 heavy (non-hydrogen) atoms. The van der Waals surface area contributed by atoms with Crippen molar-refractivity contribution in [3.8, 4) is 16.9 Å². The van der Waals surface area contributed by atoms with Crippen molar-refractivity contribution in [3.63, 3.8) is 0 Å². The summed E-state index contributed by atoms with van der Waals surface area (Å²) in [5.41, 5.74) is 0.134. The number of piperazine rings is 1. The zero-order valence-electron chi connectivity index (χ0n) is 29.0. The van der Waals surface area contributed by atoms with E-state index in [1.165, 1.54) is 24.4 Å². The monoisotopic (exact) mass is 571 g/mol. The highest BCUT2D eigenvalue weighted by molar-refractivity contribution is 5.92. The summed E-state index contributed by atoms with van der Waals surface area (Å²) in [6.07, 6.45) is 2.62. The lowest BCUT2D eigenvalue weighted by Gasteiger charge is -2.40. The summed E-state index contributed by atoms with van der Waals surface area (Å²) in [7, 11) is 0. The molecule has 1 fully saturated rings. The average molecular weight is 572 g/mol. The second-order valence-electron chi connectivity index (χ2n) is 10.7. The fraction of sp³-hybridized carbons (Fsp3) is 0.303. The summed E-state index contributed by atoms with van der Waals surface area (Å²) in [5, 5.41) is 0.155. The van der Waals surface area contributed by atoms with Crippen LogP contribution in [0.3, 0.4) is 0 Å². The Morgan fingerprint density at radius 2 is 2.02 bits per heavy atom. The van der Waals surface area contributed by atoms with Gasteiger partial charge in [0.15, 0.2) is 5.65 Å². The van der Waals surface area contributed by atoms with Gasteiger partial charge in [0.2, 0.25) is 5.91 Å². The summed E-state index contributed by atoms with van der Waals surface area (Å²) in [5.74, 6) is -1.15. The minimum Gasteiger partial charge on any atom is -0.350 e. The topological polar surface area (TPSA) is 84.2 Å². The predicted octanol–water partition coefficient (Wildman–Crippen LogP) is 5.67. The van der Waals surface area contributed by atoms with Crippen LogP contribution in [-0.4, -0.2) is 56.0 Å². The van der Waals surface area contributed by atoms with Crippen LogP contribution in [0.1, 0.15) is 57.3 Å². The zero-order valence-corrected chi connectivity index (χ0v) is 24.0. The van der Waals surface area contributed by atoms with Gasteiger partial charge < -0.3 is 9.80 Å². The lowest BCUT2D eigenvalue weighted by Crippen LogP contribution is -2.54. The van der Waals surface area contributed by atoms with Gasteiger partial charge in [0.25, 0.3) is 0 Å².